The van der Waals surface area contributed by atoms with Gasteiger partial charge in [-0.3, -0.25) is 9.89 Å². The lowest BCUT2D eigenvalue weighted by atomic mass is 9.84. The Hall–Kier alpha value is -0.340. The fourth-order valence-corrected chi connectivity index (χ4v) is 4.45. The summed E-state index contributed by atoms with van der Waals surface area (Å²) in [4.78, 5) is 10.3. The van der Waals surface area contributed by atoms with Crippen molar-refractivity contribution in [2.24, 2.45) is 4.99 Å². The van der Waals surface area contributed by atoms with E-state index >= 15 is 0 Å². The molecule has 1 aliphatic carbocycles. The van der Waals surface area contributed by atoms with Crippen LogP contribution < -0.4 is 10.6 Å². The highest BCUT2D eigenvalue weighted by Gasteiger charge is 2.39. The minimum Gasteiger partial charge on any atom is -0.357 e. The largest absolute Gasteiger partial charge is 0.357 e. The van der Waals surface area contributed by atoms with Crippen molar-refractivity contribution in [1.82, 2.24) is 20.4 Å². The second kappa shape index (κ2) is 10.9. The van der Waals surface area contributed by atoms with Gasteiger partial charge in [0.2, 0.25) is 0 Å². The van der Waals surface area contributed by atoms with Crippen molar-refractivity contribution in [3.8, 4) is 0 Å². The number of guanidine groups is 1. The monoisotopic (exact) mass is 475 g/mol. The lowest BCUT2D eigenvalue weighted by Gasteiger charge is -2.49. The molecular formula is C20H38IN5. The van der Waals surface area contributed by atoms with Crippen LogP contribution in [0.15, 0.2) is 17.1 Å². The first kappa shape index (κ1) is 22.0. The van der Waals surface area contributed by atoms with Crippen molar-refractivity contribution in [3.05, 3.63) is 12.2 Å². The zero-order chi connectivity index (χ0) is 17.5. The number of rotatable bonds is 5. The predicted octanol–water partition coefficient (Wildman–Crippen LogP) is 2.83. The molecule has 0 amide bonds. The molecule has 0 aromatic heterocycles. The van der Waals surface area contributed by atoms with Gasteiger partial charge >= 0.3 is 0 Å². The van der Waals surface area contributed by atoms with Crippen LogP contribution in [-0.2, 0) is 0 Å². The highest BCUT2D eigenvalue weighted by Crippen LogP contribution is 2.31. The lowest BCUT2D eigenvalue weighted by molar-refractivity contribution is 0.0208. The third-order valence-electron chi connectivity index (χ3n) is 6.17. The van der Waals surface area contributed by atoms with Crippen molar-refractivity contribution in [2.45, 2.75) is 63.5 Å². The first-order valence-corrected chi connectivity index (χ1v) is 10.4. The summed E-state index contributed by atoms with van der Waals surface area (Å²) in [5.41, 5.74) is 0.267. The highest BCUT2D eigenvalue weighted by atomic mass is 127. The van der Waals surface area contributed by atoms with Crippen molar-refractivity contribution in [2.75, 3.05) is 46.3 Å². The van der Waals surface area contributed by atoms with E-state index in [1.807, 2.05) is 0 Å². The van der Waals surface area contributed by atoms with Gasteiger partial charge in [0, 0.05) is 18.1 Å². The Morgan fingerprint density at radius 2 is 1.73 bits per heavy atom. The topological polar surface area (TPSA) is 42.9 Å². The van der Waals surface area contributed by atoms with E-state index in [4.69, 9.17) is 4.99 Å². The van der Waals surface area contributed by atoms with Crippen molar-refractivity contribution in [3.63, 3.8) is 0 Å². The molecule has 0 unspecified atom stereocenters. The number of hydrogen-bond acceptors (Lipinski definition) is 3. The average molecular weight is 475 g/mol. The number of piperidine rings is 2. The molecule has 6 heteroatoms. The van der Waals surface area contributed by atoms with E-state index in [-0.39, 0.29) is 29.5 Å². The van der Waals surface area contributed by atoms with Crippen LogP contribution in [0.3, 0.4) is 0 Å². The fourth-order valence-electron chi connectivity index (χ4n) is 4.45. The minimum atomic E-state index is 0. The van der Waals surface area contributed by atoms with Gasteiger partial charge in [0.15, 0.2) is 5.96 Å². The van der Waals surface area contributed by atoms with Crippen LogP contribution in [-0.4, -0.2) is 73.7 Å². The Morgan fingerprint density at radius 1 is 1.08 bits per heavy atom. The van der Waals surface area contributed by atoms with E-state index in [1.54, 1.807) is 0 Å². The summed E-state index contributed by atoms with van der Waals surface area (Å²) in [5, 5.41) is 7.09. The molecule has 150 valence electrons. The summed E-state index contributed by atoms with van der Waals surface area (Å²) < 4.78 is 0. The van der Waals surface area contributed by atoms with Gasteiger partial charge < -0.3 is 15.5 Å². The van der Waals surface area contributed by atoms with Gasteiger partial charge in [0.25, 0.3) is 0 Å². The number of nitrogens with zero attached hydrogens (tertiary/aromatic N) is 3. The van der Waals surface area contributed by atoms with Gasteiger partial charge in [-0.2, -0.15) is 0 Å². The quantitative estimate of drug-likeness (QED) is 0.278. The number of halogens is 1. The van der Waals surface area contributed by atoms with Crippen LogP contribution in [0.4, 0.5) is 0 Å². The summed E-state index contributed by atoms with van der Waals surface area (Å²) in [7, 11) is 2.25. The maximum absolute atomic E-state index is 5.08. The third kappa shape index (κ3) is 5.83. The van der Waals surface area contributed by atoms with Gasteiger partial charge in [-0.1, -0.05) is 18.6 Å². The predicted molar refractivity (Wildman–Crippen MR) is 122 cm³/mol. The van der Waals surface area contributed by atoms with Crippen molar-refractivity contribution in [1.29, 1.82) is 0 Å². The van der Waals surface area contributed by atoms with Gasteiger partial charge in [-0.25, -0.2) is 0 Å². The molecule has 2 saturated heterocycles. The molecule has 0 bridgehead atoms. The number of likely N-dealkylation sites (tertiary alicyclic amines) is 2. The number of hydrogen-bond donors (Lipinski definition) is 2. The molecule has 2 aliphatic heterocycles. The second-order valence-corrected chi connectivity index (χ2v) is 8.05. The zero-order valence-corrected chi connectivity index (χ0v) is 19.0. The van der Waals surface area contributed by atoms with Gasteiger partial charge in [-0.05, 0) is 78.7 Å². The third-order valence-corrected chi connectivity index (χ3v) is 6.17. The van der Waals surface area contributed by atoms with Crippen LogP contribution in [0.5, 0.6) is 0 Å². The van der Waals surface area contributed by atoms with Gasteiger partial charge in [-0.15, -0.1) is 24.0 Å². The molecule has 2 heterocycles. The van der Waals surface area contributed by atoms with Crippen LogP contribution in [0.1, 0.15) is 51.9 Å². The molecule has 0 aromatic rings. The molecule has 0 spiro atoms. The minimum absolute atomic E-state index is 0. The fraction of sp³-hybridized carbons (Fsp3) is 0.850. The summed E-state index contributed by atoms with van der Waals surface area (Å²) in [6, 6.07) is 0.515. The van der Waals surface area contributed by atoms with Gasteiger partial charge in [0.05, 0.1) is 6.54 Å². The summed E-state index contributed by atoms with van der Waals surface area (Å²) in [5.74, 6) is 1.01. The van der Waals surface area contributed by atoms with Crippen LogP contribution in [0.2, 0.25) is 0 Å². The van der Waals surface area contributed by atoms with Gasteiger partial charge in [0.1, 0.15) is 0 Å². The molecule has 2 N–H and O–H groups in total. The Balaban J connectivity index is 0.00000243. The molecule has 26 heavy (non-hydrogen) atoms. The van der Waals surface area contributed by atoms with E-state index in [1.165, 1.54) is 58.3 Å². The first-order valence-electron chi connectivity index (χ1n) is 10.4. The highest BCUT2D eigenvalue weighted by molar-refractivity contribution is 14.0. The van der Waals surface area contributed by atoms with E-state index < -0.39 is 0 Å². The number of aliphatic imine (C=N–C) groups is 1. The average Bonchev–Trinajstić information content (AvgIpc) is 3.15. The van der Waals surface area contributed by atoms with Crippen molar-refractivity contribution < 1.29 is 0 Å². The molecule has 3 rings (SSSR count). The lowest BCUT2D eigenvalue weighted by Crippen LogP contribution is -2.58. The summed E-state index contributed by atoms with van der Waals surface area (Å²) >= 11 is 0. The zero-order valence-electron chi connectivity index (χ0n) is 16.7. The maximum atomic E-state index is 5.08. The van der Waals surface area contributed by atoms with E-state index in [2.05, 4.69) is 46.6 Å². The first-order chi connectivity index (χ1) is 12.2. The Bertz CT molecular complexity index is 457. The molecule has 2 fully saturated rings. The SMILES string of the molecule is CCNC(=NCC1(N2CCCCC2)CCN(C)CC1)NC1CC=CC1.I. The molecule has 0 radical (unpaired) electrons. The molecule has 0 atom stereocenters. The van der Waals surface area contributed by atoms with E-state index in [9.17, 15) is 0 Å². The summed E-state index contributed by atoms with van der Waals surface area (Å²) in [6.07, 6.45) is 13.4. The van der Waals surface area contributed by atoms with Crippen LogP contribution in [0, 0.1) is 0 Å². The Labute approximate surface area is 177 Å². The molecule has 3 aliphatic rings. The molecule has 0 aromatic carbocycles. The number of nitrogens with one attached hydrogen (secondary N) is 2. The van der Waals surface area contributed by atoms with Crippen molar-refractivity contribution >= 4 is 29.9 Å². The molecule has 5 nitrogen and oxygen atoms in total. The second-order valence-electron chi connectivity index (χ2n) is 8.05. The van der Waals surface area contributed by atoms with Crippen LogP contribution >= 0.6 is 24.0 Å². The van der Waals surface area contributed by atoms with E-state index in [0.717, 1.165) is 31.9 Å². The normalized spacial score (nSPS) is 25.1. The Morgan fingerprint density at radius 3 is 2.35 bits per heavy atom. The standard InChI is InChI=1S/C20H37N5.HI/c1-3-21-19(23-18-9-5-6-10-18)22-17-20(11-15-24(2)16-12-20)25-13-7-4-8-14-25;/h5-6,18H,3-4,7-17H2,1-2H3,(H2,21,22,23);1H. The molecule has 0 saturated carbocycles. The Kier molecular flexibility index (Phi) is 9.17. The maximum Gasteiger partial charge on any atom is 0.191 e. The summed E-state index contributed by atoms with van der Waals surface area (Å²) in [6.45, 7) is 8.92. The molecular weight excluding hydrogens is 437 g/mol. The smallest absolute Gasteiger partial charge is 0.191 e. The van der Waals surface area contributed by atoms with E-state index in [0.29, 0.717) is 6.04 Å². The van der Waals surface area contributed by atoms with Crippen LogP contribution in [0.25, 0.3) is 0 Å².